The molecule has 0 saturated heterocycles. The third-order valence-corrected chi connectivity index (χ3v) is 11.8. The summed E-state index contributed by atoms with van der Waals surface area (Å²) in [5.41, 5.74) is 3.00. The molecule has 2 aromatic rings. The van der Waals surface area contributed by atoms with E-state index in [1.165, 1.54) is 24.3 Å². The number of carboxylic acid groups (broad SMARTS) is 1. The van der Waals surface area contributed by atoms with Gasteiger partial charge in [0.05, 0.1) is 25.3 Å². The standard InChI is InChI=1S/C36H44N2O11S3/c1-35(2)28-24-26(51(44,45)46)17-19-30(28)37(21-12-8-11-16-34(39)40)32(35)14-9-6-5-7-10-15-33-36(3,4)29-25-27(52(47,48)49)18-20-31(29)38(33)22-13-23-50(41,42)43/h5-7,9-10,14-15,17-20,24-25H,8,11-13,16,21-23H2,1-4H3,(H3-,39,40,41,42,43,44,45,46,47,48,49). The van der Waals surface area contributed by atoms with Crippen molar-refractivity contribution in [2.75, 3.05) is 23.7 Å². The number of fused-ring (bicyclic) bond motifs is 2. The van der Waals surface area contributed by atoms with E-state index in [4.69, 9.17) is 5.11 Å². The van der Waals surface area contributed by atoms with Gasteiger partial charge in [0.1, 0.15) is 6.54 Å². The molecule has 13 nitrogen and oxygen atoms in total. The summed E-state index contributed by atoms with van der Waals surface area (Å²) in [4.78, 5) is 12.6. The molecule has 0 aromatic heterocycles. The number of benzene rings is 2. The van der Waals surface area contributed by atoms with Crippen molar-refractivity contribution >= 4 is 53.4 Å². The molecule has 0 spiro atoms. The van der Waals surface area contributed by atoms with Crippen LogP contribution in [0, 0.1) is 0 Å². The monoisotopic (exact) mass is 776 g/mol. The minimum atomic E-state index is -4.47. The van der Waals surface area contributed by atoms with E-state index in [0.717, 1.165) is 22.7 Å². The molecule has 16 heteroatoms. The number of nitrogens with zero attached hydrogens (tertiary/aromatic N) is 2. The van der Waals surface area contributed by atoms with Gasteiger partial charge in [-0.25, -0.2) is 8.42 Å². The SMILES string of the molecule is CC1(C)C(=CC=CC=CC=CC2=[N+](CCCS(=O)(=O)[O-])c3ccc(S(=O)(=O)O)cc3C2(C)C)N(CCCCCC(=O)O)c2ccc(S(=O)(=O)O)cc21. The first-order chi connectivity index (χ1) is 24.0. The second-order valence-corrected chi connectivity index (χ2v) is 18.1. The summed E-state index contributed by atoms with van der Waals surface area (Å²) < 4.78 is 103. The van der Waals surface area contributed by atoms with Gasteiger partial charge in [-0.05, 0) is 68.7 Å². The third-order valence-electron chi connectivity index (χ3n) is 9.32. The minimum absolute atomic E-state index is 0.0443. The summed E-state index contributed by atoms with van der Waals surface area (Å²) in [5, 5.41) is 8.98. The van der Waals surface area contributed by atoms with E-state index in [-0.39, 0.29) is 29.2 Å². The number of carbonyl (C=O) groups is 1. The van der Waals surface area contributed by atoms with Crippen molar-refractivity contribution in [1.82, 2.24) is 0 Å². The molecule has 4 rings (SSSR count). The number of rotatable bonds is 16. The molecule has 0 unspecified atom stereocenters. The first kappa shape index (κ1) is 40.8. The molecule has 0 atom stereocenters. The lowest BCUT2D eigenvalue weighted by molar-refractivity contribution is -0.437. The zero-order valence-electron chi connectivity index (χ0n) is 29.4. The molecule has 3 N–H and O–H groups in total. The predicted octanol–water partition coefficient (Wildman–Crippen LogP) is 5.49. The van der Waals surface area contributed by atoms with Gasteiger partial charge in [0.25, 0.3) is 20.2 Å². The largest absolute Gasteiger partial charge is 0.748 e. The zero-order chi connectivity index (χ0) is 38.7. The van der Waals surface area contributed by atoms with Crippen LogP contribution in [0.25, 0.3) is 0 Å². The molecule has 0 saturated carbocycles. The maximum Gasteiger partial charge on any atom is 0.303 e. The molecule has 2 aromatic carbocycles. The first-order valence-corrected chi connectivity index (χ1v) is 21.0. The average Bonchev–Trinajstić information content (AvgIpc) is 3.36. The molecule has 282 valence electrons. The number of aliphatic carboxylic acids is 1. The molecule has 0 aliphatic carbocycles. The summed E-state index contributed by atoms with van der Waals surface area (Å²) in [7, 11) is -13.3. The first-order valence-electron chi connectivity index (χ1n) is 16.6. The maximum absolute atomic E-state index is 11.9. The zero-order valence-corrected chi connectivity index (χ0v) is 31.8. The molecule has 0 bridgehead atoms. The molecule has 2 aliphatic rings. The van der Waals surface area contributed by atoms with Gasteiger partial charge in [-0.2, -0.15) is 21.4 Å². The lowest BCUT2D eigenvalue weighted by Crippen LogP contribution is -2.28. The normalized spacial score (nSPS) is 18.0. The van der Waals surface area contributed by atoms with Gasteiger partial charge in [0, 0.05) is 59.6 Å². The molecular formula is C36H44N2O11S3. The lowest BCUT2D eigenvalue weighted by atomic mass is 9.81. The molecule has 0 radical (unpaired) electrons. The molecule has 0 fully saturated rings. The Labute approximate surface area is 305 Å². The molecule has 2 heterocycles. The van der Waals surface area contributed by atoms with Crippen LogP contribution in [-0.4, -0.2) is 79.1 Å². The van der Waals surface area contributed by atoms with Crippen LogP contribution >= 0.6 is 0 Å². The van der Waals surface area contributed by atoms with Gasteiger partial charge in [0.2, 0.25) is 5.69 Å². The van der Waals surface area contributed by atoms with Crippen LogP contribution in [0.4, 0.5) is 11.4 Å². The van der Waals surface area contributed by atoms with Gasteiger partial charge in [-0.1, -0.05) is 50.6 Å². The highest BCUT2D eigenvalue weighted by molar-refractivity contribution is 7.86. The van der Waals surface area contributed by atoms with Crippen molar-refractivity contribution in [2.24, 2.45) is 0 Å². The van der Waals surface area contributed by atoms with Gasteiger partial charge < -0.3 is 14.6 Å². The Bertz CT molecular complexity index is 2210. The second-order valence-electron chi connectivity index (χ2n) is 13.7. The quantitative estimate of drug-likeness (QED) is 0.0837. The molecule has 2 aliphatic heterocycles. The van der Waals surface area contributed by atoms with E-state index in [9.17, 15) is 43.7 Å². The summed E-state index contributed by atoms with van der Waals surface area (Å²) in [6.45, 7) is 8.41. The molecular weight excluding hydrogens is 733 g/mol. The fourth-order valence-electron chi connectivity index (χ4n) is 6.72. The Morgan fingerprint density at radius 3 is 2.00 bits per heavy atom. The summed E-state index contributed by atoms with van der Waals surface area (Å²) in [5.74, 6) is -1.42. The number of anilines is 1. The predicted molar refractivity (Wildman–Crippen MR) is 196 cm³/mol. The van der Waals surface area contributed by atoms with E-state index in [1.54, 1.807) is 36.4 Å². The average molecular weight is 777 g/mol. The fourth-order valence-corrected chi connectivity index (χ4v) is 8.22. The van der Waals surface area contributed by atoms with Crippen LogP contribution in [-0.2, 0) is 46.0 Å². The third kappa shape index (κ3) is 9.53. The highest BCUT2D eigenvalue weighted by atomic mass is 32.2. The number of hydrogen-bond acceptors (Lipinski definition) is 9. The lowest BCUT2D eigenvalue weighted by Gasteiger charge is -2.27. The van der Waals surface area contributed by atoms with Crippen LogP contribution in [0.3, 0.4) is 0 Å². The van der Waals surface area contributed by atoms with Gasteiger partial charge in [-0.15, -0.1) is 0 Å². The van der Waals surface area contributed by atoms with E-state index < -0.39 is 52.9 Å². The summed E-state index contributed by atoms with van der Waals surface area (Å²) in [6.07, 6.45) is 14.8. The van der Waals surface area contributed by atoms with Crippen LogP contribution in [0.15, 0.2) is 94.4 Å². The van der Waals surface area contributed by atoms with E-state index in [2.05, 4.69) is 4.90 Å². The van der Waals surface area contributed by atoms with Crippen molar-refractivity contribution in [3.8, 4) is 0 Å². The highest BCUT2D eigenvalue weighted by Crippen LogP contribution is 2.48. The summed E-state index contributed by atoms with van der Waals surface area (Å²) in [6, 6.07) is 8.71. The Hall–Kier alpha value is -3.93. The van der Waals surface area contributed by atoms with Crippen molar-refractivity contribution in [3.63, 3.8) is 0 Å². The Balaban J connectivity index is 1.60. The van der Waals surface area contributed by atoms with Crippen molar-refractivity contribution in [2.45, 2.75) is 80.4 Å². The number of allylic oxidation sites excluding steroid dienone is 8. The number of hydrogen-bond donors (Lipinski definition) is 3. The van der Waals surface area contributed by atoms with Crippen LogP contribution in [0.2, 0.25) is 0 Å². The summed E-state index contributed by atoms with van der Waals surface area (Å²) >= 11 is 0. The number of carboxylic acids is 1. The number of unbranched alkanes of at least 4 members (excludes halogenated alkanes) is 2. The van der Waals surface area contributed by atoms with Crippen molar-refractivity contribution in [1.29, 1.82) is 0 Å². The Kier molecular flexibility index (Phi) is 12.2. The molecule has 0 amide bonds. The maximum atomic E-state index is 11.9. The van der Waals surface area contributed by atoms with Crippen LogP contribution in [0.1, 0.15) is 70.9 Å². The van der Waals surface area contributed by atoms with E-state index in [1.807, 2.05) is 50.5 Å². The Morgan fingerprint density at radius 2 is 1.38 bits per heavy atom. The second kappa shape index (κ2) is 15.6. The van der Waals surface area contributed by atoms with Crippen molar-refractivity contribution in [3.05, 3.63) is 95.8 Å². The Morgan fingerprint density at radius 1 is 0.788 bits per heavy atom. The highest BCUT2D eigenvalue weighted by Gasteiger charge is 2.45. The molecule has 52 heavy (non-hydrogen) atoms. The van der Waals surface area contributed by atoms with Crippen molar-refractivity contribution < 1.29 is 53.4 Å². The van der Waals surface area contributed by atoms with Gasteiger partial charge in [-0.3, -0.25) is 13.9 Å². The van der Waals surface area contributed by atoms with Crippen LogP contribution < -0.4 is 4.90 Å². The van der Waals surface area contributed by atoms with Gasteiger partial charge in [0.15, 0.2) is 5.71 Å². The minimum Gasteiger partial charge on any atom is -0.748 e. The van der Waals surface area contributed by atoms with Crippen LogP contribution in [0.5, 0.6) is 0 Å². The van der Waals surface area contributed by atoms with E-state index in [0.29, 0.717) is 37.1 Å². The topological polar surface area (TPSA) is 209 Å². The smallest absolute Gasteiger partial charge is 0.303 e. The van der Waals surface area contributed by atoms with E-state index >= 15 is 0 Å². The fraction of sp³-hybridized carbons (Fsp3) is 0.389. The van der Waals surface area contributed by atoms with Gasteiger partial charge >= 0.3 is 5.97 Å².